The number of rotatable bonds is 3. The second-order valence-electron chi connectivity index (χ2n) is 7.16. The van der Waals surface area contributed by atoms with Crippen molar-refractivity contribution in [1.82, 2.24) is 10.3 Å². The van der Waals surface area contributed by atoms with Gasteiger partial charge in [0, 0.05) is 20.3 Å². The van der Waals surface area contributed by atoms with Crippen molar-refractivity contribution in [2.45, 2.75) is 52.3 Å². The van der Waals surface area contributed by atoms with E-state index in [9.17, 15) is 14.4 Å². The molecule has 1 N–H and O–H groups in total. The Kier molecular flexibility index (Phi) is 4.99. The van der Waals surface area contributed by atoms with Crippen molar-refractivity contribution >= 4 is 34.7 Å². The van der Waals surface area contributed by atoms with Crippen molar-refractivity contribution in [3.8, 4) is 0 Å². The SMILES string of the molecule is COC(=O)C[C@H]1C[C@@H](C2(C)SC(NC(C)=O)=NN2C(C)=O)C1(C)C. The van der Waals surface area contributed by atoms with Gasteiger partial charge in [-0.25, -0.2) is 5.01 Å². The monoisotopic (exact) mass is 355 g/mol. The van der Waals surface area contributed by atoms with E-state index >= 15 is 0 Å². The highest BCUT2D eigenvalue weighted by Crippen LogP contribution is 2.62. The van der Waals surface area contributed by atoms with Gasteiger partial charge in [-0.3, -0.25) is 14.4 Å². The Balaban J connectivity index is 2.20. The minimum absolute atomic E-state index is 0.142. The van der Waals surface area contributed by atoms with Crippen LogP contribution in [0.25, 0.3) is 0 Å². The van der Waals surface area contributed by atoms with Crippen molar-refractivity contribution in [3.05, 3.63) is 0 Å². The van der Waals surface area contributed by atoms with Crippen LogP contribution in [-0.2, 0) is 19.1 Å². The quantitative estimate of drug-likeness (QED) is 0.782. The zero-order valence-electron chi connectivity index (χ0n) is 15.0. The number of amides is 2. The predicted octanol–water partition coefficient (Wildman–Crippen LogP) is 1.93. The fourth-order valence-corrected chi connectivity index (χ4v) is 5.31. The molecule has 0 radical (unpaired) electrons. The van der Waals surface area contributed by atoms with E-state index in [-0.39, 0.29) is 35.0 Å². The number of thioether (sulfide) groups is 1. The average molecular weight is 355 g/mol. The molecule has 0 saturated heterocycles. The third kappa shape index (κ3) is 3.16. The molecular weight excluding hydrogens is 330 g/mol. The highest BCUT2D eigenvalue weighted by molar-refractivity contribution is 8.15. The Morgan fingerprint density at radius 2 is 1.96 bits per heavy atom. The van der Waals surface area contributed by atoms with Crippen molar-refractivity contribution in [3.63, 3.8) is 0 Å². The number of nitrogens with one attached hydrogen (secondary N) is 1. The highest BCUT2D eigenvalue weighted by Gasteiger charge is 2.61. The van der Waals surface area contributed by atoms with Gasteiger partial charge < -0.3 is 10.1 Å². The summed E-state index contributed by atoms with van der Waals surface area (Å²) in [6.45, 7) is 9.07. The van der Waals surface area contributed by atoms with Gasteiger partial charge in [0.1, 0.15) is 4.87 Å². The van der Waals surface area contributed by atoms with Crippen LogP contribution in [0, 0.1) is 17.3 Å². The summed E-state index contributed by atoms with van der Waals surface area (Å²) in [4.78, 5) is 34.4. The Bertz CT molecular complexity index is 604. The van der Waals surface area contributed by atoms with Crippen molar-refractivity contribution in [1.29, 1.82) is 0 Å². The molecule has 1 saturated carbocycles. The van der Waals surface area contributed by atoms with Gasteiger partial charge in [-0.1, -0.05) is 25.6 Å². The molecule has 0 aromatic heterocycles. The van der Waals surface area contributed by atoms with Crippen molar-refractivity contribution in [2.75, 3.05) is 7.11 Å². The molecule has 0 bridgehead atoms. The fraction of sp³-hybridized carbons (Fsp3) is 0.750. The fourth-order valence-electron chi connectivity index (χ4n) is 3.81. The molecule has 1 aliphatic heterocycles. The second kappa shape index (κ2) is 6.38. The smallest absolute Gasteiger partial charge is 0.305 e. The number of hydrogen-bond acceptors (Lipinski definition) is 6. The Morgan fingerprint density at radius 1 is 1.33 bits per heavy atom. The van der Waals surface area contributed by atoms with Crippen LogP contribution in [0.3, 0.4) is 0 Å². The first-order valence-corrected chi connectivity index (χ1v) is 8.76. The van der Waals surface area contributed by atoms with E-state index in [0.29, 0.717) is 11.6 Å². The molecule has 2 amide bonds. The summed E-state index contributed by atoms with van der Waals surface area (Å²) in [5.41, 5.74) is -0.148. The zero-order valence-corrected chi connectivity index (χ0v) is 15.8. The lowest BCUT2D eigenvalue weighted by atomic mass is 9.51. The van der Waals surface area contributed by atoms with Crippen molar-refractivity contribution in [2.24, 2.45) is 22.4 Å². The molecule has 2 rings (SSSR count). The lowest BCUT2D eigenvalue weighted by Crippen LogP contribution is -2.60. The maximum atomic E-state index is 12.1. The average Bonchev–Trinajstić information content (AvgIpc) is 2.78. The third-order valence-corrected chi connectivity index (χ3v) is 6.50. The molecule has 0 aromatic carbocycles. The van der Waals surface area contributed by atoms with Gasteiger partial charge in [0.05, 0.1) is 7.11 Å². The summed E-state index contributed by atoms with van der Waals surface area (Å²) in [7, 11) is 1.39. The van der Waals surface area contributed by atoms with Crippen LogP contribution in [0.4, 0.5) is 0 Å². The lowest BCUT2D eigenvalue weighted by Gasteiger charge is -2.58. The van der Waals surface area contributed by atoms with Crippen LogP contribution < -0.4 is 5.32 Å². The van der Waals surface area contributed by atoms with E-state index in [1.165, 1.54) is 37.7 Å². The van der Waals surface area contributed by atoms with E-state index in [1.54, 1.807) is 0 Å². The minimum atomic E-state index is -0.584. The third-order valence-electron chi connectivity index (χ3n) is 5.25. The number of carbonyl (C=O) groups excluding carboxylic acids is 3. The summed E-state index contributed by atoms with van der Waals surface area (Å²) >= 11 is 1.40. The molecule has 3 atom stereocenters. The predicted molar refractivity (Wildman–Crippen MR) is 91.8 cm³/mol. The van der Waals surface area contributed by atoms with Gasteiger partial charge in [-0.2, -0.15) is 0 Å². The molecular formula is C16H25N3O4S. The summed E-state index contributed by atoms with van der Waals surface area (Å²) in [6.07, 6.45) is 1.18. The van der Waals surface area contributed by atoms with Crippen LogP contribution in [0.15, 0.2) is 5.10 Å². The van der Waals surface area contributed by atoms with Gasteiger partial charge in [-0.05, 0) is 30.6 Å². The number of hydrogen-bond donors (Lipinski definition) is 1. The molecule has 1 unspecified atom stereocenters. The maximum Gasteiger partial charge on any atom is 0.305 e. The van der Waals surface area contributed by atoms with E-state index < -0.39 is 4.87 Å². The molecule has 24 heavy (non-hydrogen) atoms. The first-order chi connectivity index (χ1) is 11.0. The van der Waals surface area contributed by atoms with Gasteiger partial charge in [0.25, 0.3) is 0 Å². The molecule has 7 nitrogen and oxygen atoms in total. The first kappa shape index (κ1) is 18.8. The molecule has 1 heterocycles. The van der Waals surface area contributed by atoms with Crippen LogP contribution >= 0.6 is 11.8 Å². The second-order valence-corrected chi connectivity index (χ2v) is 8.58. The topological polar surface area (TPSA) is 88.1 Å². The van der Waals surface area contributed by atoms with Crippen LogP contribution in [0.5, 0.6) is 0 Å². The molecule has 8 heteroatoms. The lowest BCUT2D eigenvalue weighted by molar-refractivity contribution is -0.153. The number of hydrazone groups is 1. The van der Waals surface area contributed by atoms with Gasteiger partial charge in [0.2, 0.25) is 11.8 Å². The Labute approximate surface area is 146 Å². The molecule has 1 aliphatic carbocycles. The normalized spacial score (nSPS) is 31.1. The number of methoxy groups -OCH3 is 1. The summed E-state index contributed by atoms with van der Waals surface area (Å²) in [5, 5.41) is 8.86. The zero-order chi connectivity index (χ0) is 18.3. The standard InChI is InChI=1S/C16H25N3O4S/c1-9(20)17-14-18-19(10(2)21)16(5,24-14)12-7-11(15(12,3)4)8-13(22)23-6/h11-12H,7-8H2,1-6H3,(H,17,18,20)/t11-,12-,16?/m1/s1. The maximum absolute atomic E-state index is 12.1. The molecule has 1 fully saturated rings. The number of ether oxygens (including phenoxy) is 1. The molecule has 0 aromatic rings. The van der Waals surface area contributed by atoms with Gasteiger partial charge >= 0.3 is 5.97 Å². The van der Waals surface area contributed by atoms with E-state index in [4.69, 9.17) is 4.74 Å². The van der Waals surface area contributed by atoms with E-state index in [0.717, 1.165) is 6.42 Å². The molecule has 0 spiro atoms. The number of nitrogens with zero attached hydrogens (tertiary/aromatic N) is 2. The van der Waals surface area contributed by atoms with E-state index in [2.05, 4.69) is 24.3 Å². The number of amidine groups is 1. The first-order valence-electron chi connectivity index (χ1n) is 7.95. The molecule has 134 valence electrons. The Hall–Kier alpha value is -1.57. The van der Waals surface area contributed by atoms with Crippen molar-refractivity contribution < 1.29 is 19.1 Å². The number of carbonyl (C=O) groups is 3. The Morgan fingerprint density at radius 3 is 2.42 bits per heavy atom. The van der Waals surface area contributed by atoms with Gasteiger partial charge in [0.15, 0.2) is 5.17 Å². The van der Waals surface area contributed by atoms with Crippen LogP contribution in [0.1, 0.15) is 47.5 Å². The van der Waals surface area contributed by atoms with E-state index in [1.807, 2.05) is 6.92 Å². The molecule has 2 aliphatic rings. The minimum Gasteiger partial charge on any atom is -0.469 e. The highest BCUT2D eigenvalue weighted by atomic mass is 32.2. The van der Waals surface area contributed by atoms with Gasteiger partial charge in [-0.15, -0.1) is 5.10 Å². The number of esters is 1. The summed E-state index contributed by atoms with van der Waals surface area (Å²) < 4.78 is 4.78. The summed E-state index contributed by atoms with van der Waals surface area (Å²) in [5.74, 6) is -0.257. The van der Waals surface area contributed by atoms with Crippen LogP contribution in [0.2, 0.25) is 0 Å². The van der Waals surface area contributed by atoms with Crippen LogP contribution in [-0.4, -0.2) is 39.9 Å². The summed E-state index contributed by atoms with van der Waals surface area (Å²) in [6, 6.07) is 0. The largest absolute Gasteiger partial charge is 0.469 e.